The number of pyridine rings is 1. The third-order valence-corrected chi connectivity index (χ3v) is 5.54. The summed E-state index contributed by atoms with van der Waals surface area (Å²) in [5.41, 5.74) is 6.22. The molecule has 0 radical (unpaired) electrons. The molecule has 4 heteroatoms. The molecule has 1 aliphatic rings. The molecule has 27 heavy (non-hydrogen) atoms. The third kappa shape index (κ3) is 3.13. The highest BCUT2D eigenvalue weighted by atomic mass is 15.2. The highest BCUT2D eigenvalue weighted by Gasteiger charge is 2.30. The highest BCUT2D eigenvalue weighted by molar-refractivity contribution is 5.81. The van der Waals surface area contributed by atoms with Gasteiger partial charge in [-0.25, -0.2) is 4.98 Å². The summed E-state index contributed by atoms with van der Waals surface area (Å²) in [6.07, 6.45) is 5.76. The number of benzene rings is 2. The van der Waals surface area contributed by atoms with Gasteiger partial charge in [-0.3, -0.25) is 9.88 Å². The second-order valence-corrected chi connectivity index (χ2v) is 7.18. The van der Waals surface area contributed by atoms with E-state index in [-0.39, 0.29) is 6.04 Å². The van der Waals surface area contributed by atoms with E-state index >= 15 is 0 Å². The van der Waals surface area contributed by atoms with Crippen LogP contribution in [0.2, 0.25) is 0 Å². The molecule has 2 aromatic heterocycles. The molecule has 1 atom stereocenters. The summed E-state index contributed by atoms with van der Waals surface area (Å²) in [5, 5.41) is 1.24. The first-order valence-electron chi connectivity index (χ1n) is 9.51. The minimum absolute atomic E-state index is 0.286. The molecule has 0 spiro atoms. The Morgan fingerprint density at radius 2 is 1.81 bits per heavy atom. The van der Waals surface area contributed by atoms with Gasteiger partial charge in [0.1, 0.15) is 0 Å². The fourth-order valence-electron chi connectivity index (χ4n) is 4.17. The van der Waals surface area contributed by atoms with Crippen LogP contribution in [0.1, 0.15) is 28.6 Å². The molecule has 1 aliphatic heterocycles. The minimum Gasteiger partial charge on any atom is -0.348 e. The van der Waals surface area contributed by atoms with E-state index < -0.39 is 0 Å². The van der Waals surface area contributed by atoms with E-state index in [4.69, 9.17) is 0 Å². The van der Waals surface area contributed by atoms with Crippen molar-refractivity contribution < 1.29 is 0 Å². The molecule has 1 N–H and O–H groups in total. The van der Waals surface area contributed by atoms with Gasteiger partial charge >= 0.3 is 0 Å². The van der Waals surface area contributed by atoms with Gasteiger partial charge in [0, 0.05) is 36.8 Å². The van der Waals surface area contributed by atoms with Gasteiger partial charge in [0.25, 0.3) is 0 Å². The second-order valence-electron chi connectivity index (χ2n) is 7.18. The molecule has 2 aromatic carbocycles. The smallest absolute Gasteiger partial charge is 0.0925 e. The molecule has 0 bridgehead atoms. The molecular weight excluding hydrogens is 332 g/mol. The average molecular weight is 354 g/mol. The lowest BCUT2D eigenvalue weighted by atomic mass is 9.95. The zero-order chi connectivity index (χ0) is 18.1. The summed E-state index contributed by atoms with van der Waals surface area (Å²) >= 11 is 0. The van der Waals surface area contributed by atoms with E-state index in [0.717, 1.165) is 31.4 Å². The van der Waals surface area contributed by atoms with E-state index in [0.29, 0.717) is 0 Å². The van der Waals surface area contributed by atoms with Crippen LogP contribution in [0.5, 0.6) is 0 Å². The Labute approximate surface area is 158 Å². The largest absolute Gasteiger partial charge is 0.348 e. The van der Waals surface area contributed by atoms with E-state index in [1.807, 2.05) is 18.6 Å². The van der Waals surface area contributed by atoms with Gasteiger partial charge < -0.3 is 4.98 Å². The minimum atomic E-state index is 0.286. The molecular formula is C23H22N4. The van der Waals surface area contributed by atoms with Crippen LogP contribution in [0.4, 0.5) is 0 Å². The zero-order valence-corrected chi connectivity index (χ0v) is 15.2. The van der Waals surface area contributed by atoms with Crippen LogP contribution < -0.4 is 0 Å². The van der Waals surface area contributed by atoms with E-state index in [2.05, 4.69) is 74.4 Å². The maximum atomic E-state index is 4.68. The first-order valence-corrected chi connectivity index (χ1v) is 9.51. The van der Waals surface area contributed by atoms with Gasteiger partial charge in [-0.15, -0.1) is 0 Å². The Morgan fingerprint density at radius 1 is 0.963 bits per heavy atom. The van der Waals surface area contributed by atoms with Gasteiger partial charge in [-0.05, 0) is 29.7 Å². The first kappa shape index (κ1) is 16.2. The number of imidazole rings is 1. The van der Waals surface area contributed by atoms with Crippen LogP contribution in [-0.4, -0.2) is 26.4 Å². The number of fused-ring (bicyclic) bond motifs is 2. The van der Waals surface area contributed by atoms with Crippen LogP contribution in [0, 0.1) is 0 Å². The second kappa shape index (κ2) is 6.97. The maximum Gasteiger partial charge on any atom is 0.0925 e. The zero-order valence-electron chi connectivity index (χ0n) is 15.2. The first-order chi connectivity index (χ1) is 13.4. The third-order valence-electron chi connectivity index (χ3n) is 5.54. The molecule has 0 aliphatic carbocycles. The number of hydrogen-bond acceptors (Lipinski definition) is 3. The van der Waals surface area contributed by atoms with Crippen molar-refractivity contribution in [1.29, 1.82) is 0 Å². The summed E-state index contributed by atoms with van der Waals surface area (Å²) < 4.78 is 0. The standard InChI is InChI=1S/C23H22N4/c1-2-6-17(7-3-1)14-22-23-21(25-16-26-23)11-13-27(22)15-18-10-12-24-20-9-5-4-8-19(18)20/h1-10,12,16,22H,11,13-15H2,(H,25,26). The molecule has 3 heterocycles. The van der Waals surface area contributed by atoms with Crippen LogP contribution in [0.3, 0.4) is 0 Å². The predicted molar refractivity (Wildman–Crippen MR) is 107 cm³/mol. The van der Waals surface area contributed by atoms with Crippen molar-refractivity contribution in [3.63, 3.8) is 0 Å². The quantitative estimate of drug-likeness (QED) is 0.594. The van der Waals surface area contributed by atoms with Crippen LogP contribution in [-0.2, 0) is 19.4 Å². The molecule has 134 valence electrons. The SMILES string of the molecule is c1ccc(CC2c3nc[nH]c3CCN2Cc2ccnc3ccccc23)cc1. The summed E-state index contributed by atoms with van der Waals surface area (Å²) in [6.45, 7) is 1.94. The van der Waals surface area contributed by atoms with Crippen molar-refractivity contribution in [2.24, 2.45) is 0 Å². The summed E-state index contributed by atoms with van der Waals surface area (Å²) in [4.78, 5) is 15.1. The van der Waals surface area contributed by atoms with Crippen molar-refractivity contribution in [3.05, 3.63) is 95.7 Å². The Hall–Kier alpha value is -2.98. The fourth-order valence-corrected chi connectivity index (χ4v) is 4.17. The van der Waals surface area contributed by atoms with Gasteiger partial charge in [-0.2, -0.15) is 0 Å². The normalized spacial score (nSPS) is 17.1. The summed E-state index contributed by atoms with van der Waals surface area (Å²) in [6, 6.07) is 21.6. The summed E-state index contributed by atoms with van der Waals surface area (Å²) in [7, 11) is 0. The monoisotopic (exact) mass is 354 g/mol. The Kier molecular flexibility index (Phi) is 4.18. The number of nitrogens with one attached hydrogen (secondary N) is 1. The van der Waals surface area contributed by atoms with Crippen molar-refractivity contribution in [2.75, 3.05) is 6.54 Å². The van der Waals surface area contributed by atoms with E-state index in [9.17, 15) is 0 Å². The predicted octanol–water partition coefficient (Wildman–Crippen LogP) is 4.30. The number of aromatic nitrogens is 3. The van der Waals surface area contributed by atoms with Gasteiger partial charge in [0.05, 0.1) is 23.6 Å². The van der Waals surface area contributed by atoms with Crippen LogP contribution in [0.15, 0.2) is 73.2 Å². The molecule has 0 saturated carbocycles. The summed E-state index contributed by atoms with van der Waals surface area (Å²) in [5.74, 6) is 0. The molecule has 0 amide bonds. The van der Waals surface area contributed by atoms with Crippen LogP contribution in [0.25, 0.3) is 10.9 Å². The lowest BCUT2D eigenvalue weighted by Gasteiger charge is -2.35. The number of aromatic amines is 1. The Balaban J connectivity index is 1.50. The average Bonchev–Trinajstić information content (AvgIpc) is 3.20. The van der Waals surface area contributed by atoms with Gasteiger partial charge in [-0.1, -0.05) is 48.5 Å². The topological polar surface area (TPSA) is 44.8 Å². The highest BCUT2D eigenvalue weighted by Crippen LogP contribution is 2.32. The van der Waals surface area contributed by atoms with Crippen molar-refractivity contribution >= 4 is 10.9 Å². The lowest BCUT2D eigenvalue weighted by molar-refractivity contribution is 0.171. The maximum absolute atomic E-state index is 4.68. The Bertz CT molecular complexity index is 1050. The lowest BCUT2D eigenvalue weighted by Crippen LogP contribution is -2.36. The molecule has 0 fully saturated rings. The molecule has 1 unspecified atom stereocenters. The number of H-pyrrole nitrogens is 1. The molecule has 0 saturated heterocycles. The van der Waals surface area contributed by atoms with Crippen molar-refractivity contribution in [1.82, 2.24) is 19.9 Å². The van der Waals surface area contributed by atoms with E-state index in [1.54, 1.807) is 0 Å². The number of hydrogen-bond donors (Lipinski definition) is 1. The van der Waals surface area contributed by atoms with Crippen molar-refractivity contribution in [2.45, 2.75) is 25.4 Å². The van der Waals surface area contributed by atoms with E-state index in [1.165, 1.54) is 27.9 Å². The number of nitrogens with zero attached hydrogens (tertiary/aromatic N) is 3. The Morgan fingerprint density at radius 3 is 2.74 bits per heavy atom. The van der Waals surface area contributed by atoms with Gasteiger partial charge in [0.15, 0.2) is 0 Å². The number of rotatable bonds is 4. The number of para-hydroxylation sites is 1. The van der Waals surface area contributed by atoms with Crippen molar-refractivity contribution in [3.8, 4) is 0 Å². The molecule has 4 aromatic rings. The van der Waals surface area contributed by atoms with Gasteiger partial charge in [0.2, 0.25) is 0 Å². The molecule has 5 rings (SSSR count). The fraction of sp³-hybridized carbons (Fsp3) is 0.217. The van der Waals surface area contributed by atoms with Crippen LogP contribution >= 0.6 is 0 Å². The molecule has 4 nitrogen and oxygen atoms in total.